The fourth-order valence-electron chi connectivity index (χ4n) is 2.44. The van der Waals surface area contributed by atoms with E-state index in [0.29, 0.717) is 17.3 Å². The Morgan fingerprint density at radius 1 is 1.43 bits per heavy atom. The number of carbonyl (C=O) groups is 1. The number of carbonyl (C=O) groups excluding carboxylic acids is 1. The Bertz CT molecular complexity index is 753. The number of nitriles is 1. The highest BCUT2D eigenvalue weighted by molar-refractivity contribution is 6.04. The number of nitrogens with one attached hydrogen (secondary N) is 1. The first-order valence-corrected chi connectivity index (χ1v) is 6.76. The van der Waals surface area contributed by atoms with Gasteiger partial charge in [0.25, 0.3) is 5.91 Å². The fourth-order valence-corrected chi connectivity index (χ4v) is 2.44. The van der Waals surface area contributed by atoms with Crippen molar-refractivity contribution in [2.24, 2.45) is 7.05 Å². The van der Waals surface area contributed by atoms with Gasteiger partial charge in [0.15, 0.2) is 0 Å². The Morgan fingerprint density at radius 3 is 2.86 bits per heavy atom. The Hall–Kier alpha value is -2.61. The first kappa shape index (κ1) is 13.4. The summed E-state index contributed by atoms with van der Waals surface area (Å²) in [6.07, 6.45) is 4.09. The van der Waals surface area contributed by atoms with Crippen LogP contribution in [0.2, 0.25) is 0 Å². The third-order valence-electron chi connectivity index (χ3n) is 3.68. The number of hydrogen-bond acceptors (Lipinski definition) is 2. The highest BCUT2D eigenvalue weighted by atomic mass is 19.1. The van der Waals surface area contributed by atoms with Gasteiger partial charge in [0, 0.05) is 18.9 Å². The third kappa shape index (κ3) is 2.52. The fraction of sp³-hybridized carbons (Fsp3) is 0.250. The van der Waals surface area contributed by atoms with Crippen molar-refractivity contribution in [2.75, 3.05) is 5.32 Å². The molecule has 1 aromatic carbocycles. The van der Waals surface area contributed by atoms with Crippen molar-refractivity contribution in [2.45, 2.75) is 18.8 Å². The average molecular weight is 283 g/mol. The SMILES string of the molecule is Cn1ccc(C2CC2)c1C(=O)Nc1ccc(F)c(C#N)c1. The van der Waals surface area contributed by atoms with Crippen LogP contribution in [0.25, 0.3) is 0 Å². The second-order valence-electron chi connectivity index (χ2n) is 5.27. The zero-order chi connectivity index (χ0) is 15.0. The van der Waals surface area contributed by atoms with Crippen molar-refractivity contribution in [3.8, 4) is 6.07 Å². The minimum atomic E-state index is -0.590. The Morgan fingerprint density at radius 2 is 2.19 bits per heavy atom. The molecular formula is C16H14FN3O. The molecule has 21 heavy (non-hydrogen) atoms. The van der Waals surface area contributed by atoms with Gasteiger partial charge in [0.1, 0.15) is 17.6 Å². The molecule has 1 aliphatic carbocycles. The standard InChI is InChI=1S/C16H14FN3O/c1-20-7-6-13(10-2-3-10)15(20)16(21)19-12-4-5-14(17)11(8-12)9-18/h4-8,10H,2-3H2,1H3,(H,19,21). The van der Waals surface area contributed by atoms with Crippen LogP contribution >= 0.6 is 0 Å². The average Bonchev–Trinajstić information content (AvgIpc) is 3.23. The zero-order valence-corrected chi connectivity index (χ0v) is 11.6. The van der Waals surface area contributed by atoms with Gasteiger partial charge < -0.3 is 9.88 Å². The monoisotopic (exact) mass is 283 g/mol. The molecule has 2 aromatic rings. The third-order valence-corrected chi connectivity index (χ3v) is 3.68. The Labute approximate surface area is 121 Å². The molecule has 0 spiro atoms. The lowest BCUT2D eigenvalue weighted by molar-refractivity contribution is 0.101. The van der Waals surface area contributed by atoms with E-state index >= 15 is 0 Å². The van der Waals surface area contributed by atoms with Crippen LogP contribution in [-0.2, 0) is 7.05 Å². The maximum absolute atomic E-state index is 13.3. The summed E-state index contributed by atoms with van der Waals surface area (Å²) in [5.74, 6) is -0.359. The number of rotatable bonds is 3. The molecule has 1 heterocycles. The number of anilines is 1. The lowest BCUT2D eigenvalue weighted by Crippen LogP contribution is -2.17. The van der Waals surface area contributed by atoms with Crippen LogP contribution < -0.4 is 5.32 Å². The number of amides is 1. The maximum atomic E-state index is 13.3. The van der Waals surface area contributed by atoms with Gasteiger partial charge in [0.05, 0.1) is 5.56 Å². The number of aromatic nitrogens is 1. The molecule has 1 N–H and O–H groups in total. The number of benzene rings is 1. The molecule has 4 nitrogen and oxygen atoms in total. The number of halogens is 1. The quantitative estimate of drug-likeness (QED) is 0.940. The minimum absolute atomic E-state index is 0.0814. The van der Waals surface area contributed by atoms with E-state index in [9.17, 15) is 9.18 Å². The van der Waals surface area contributed by atoms with Gasteiger partial charge in [0.2, 0.25) is 0 Å². The van der Waals surface area contributed by atoms with E-state index in [1.54, 1.807) is 10.6 Å². The molecule has 1 saturated carbocycles. The normalized spacial score (nSPS) is 13.8. The topological polar surface area (TPSA) is 57.8 Å². The predicted octanol–water partition coefficient (Wildman–Crippen LogP) is 3.17. The molecule has 0 bridgehead atoms. The van der Waals surface area contributed by atoms with Gasteiger partial charge >= 0.3 is 0 Å². The zero-order valence-electron chi connectivity index (χ0n) is 11.6. The first-order valence-electron chi connectivity index (χ1n) is 6.76. The summed E-state index contributed by atoms with van der Waals surface area (Å²) in [4.78, 5) is 12.4. The van der Waals surface area contributed by atoms with Gasteiger partial charge in [-0.15, -0.1) is 0 Å². The van der Waals surface area contributed by atoms with E-state index in [1.807, 2.05) is 19.3 Å². The molecule has 0 atom stereocenters. The number of nitrogens with zero attached hydrogens (tertiary/aromatic N) is 2. The van der Waals surface area contributed by atoms with E-state index in [1.165, 1.54) is 18.2 Å². The second kappa shape index (κ2) is 5.06. The molecule has 0 aliphatic heterocycles. The molecule has 0 unspecified atom stereocenters. The number of aryl methyl sites for hydroxylation is 1. The Kier molecular flexibility index (Phi) is 3.22. The van der Waals surface area contributed by atoms with E-state index in [0.717, 1.165) is 18.4 Å². The predicted molar refractivity (Wildman–Crippen MR) is 76.5 cm³/mol. The summed E-state index contributed by atoms with van der Waals surface area (Å²) < 4.78 is 15.1. The molecule has 5 heteroatoms. The molecule has 0 saturated heterocycles. The summed E-state index contributed by atoms with van der Waals surface area (Å²) in [7, 11) is 1.83. The van der Waals surface area contributed by atoms with Crippen LogP contribution in [-0.4, -0.2) is 10.5 Å². The Balaban J connectivity index is 1.87. The van der Waals surface area contributed by atoms with Crippen LogP contribution in [0, 0.1) is 17.1 Å². The summed E-state index contributed by atoms with van der Waals surface area (Å²) in [5, 5.41) is 11.6. The largest absolute Gasteiger partial charge is 0.346 e. The lowest BCUT2D eigenvalue weighted by Gasteiger charge is -2.09. The van der Waals surface area contributed by atoms with E-state index in [2.05, 4.69) is 5.32 Å². The molecule has 1 amide bonds. The van der Waals surface area contributed by atoms with Gasteiger partial charge in [-0.25, -0.2) is 4.39 Å². The van der Waals surface area contributed by atoms with Crippen molar-refractivity contribution >= 4 is 11.6 Å². The van der Waals surface area contributed by atoms with Crippen LogP contribution in [0.1, 0.15) is 40.4 Å². The summed E-state index contributed by atoms with van der Waals surface area (Å²) >= 11 is 0. The molecule has 1 aromatic heterocycles. The first-order chi connectivity index (χ1) is 10.1. The summed E-state index contributed by atoms with van der Waals surface area (Å²) in [6.45, 7) is 0. The van der Waals surface area contributed by atoms with Crippen LogP contribution in [0.15, 0.2) is 30.5 Å². The van der Waals surface area contributed by atoms with Gasteiger partial charge in [-0.2, -0.15) is 5.26 Å². The minimum Gasteiger partial charge on any atom is -0.346 e. The molecule has 1 aliphatic rings. The lowest BCUT2D eigenvalue weighted by atomic mass is 10.1. The van der Waals surface area contributed by atoms with Crippen molar-refractivity contribution in [1.82, 2.24) is 4.57 Å². The van der Waals surface area contributed by atoms with E-state index < -0.39 is 5.82 Å². The van der Waals surface area contributed by atoms with Crippen LogP contribution in [0.5, 0.6) is 0 Å². The highest BCUT2D eigenvalue weighted by Gasteiger charge is 2.29. The van der Waals surface area contributed by atoms with Crippen molar-refractivity contribution in [3.63, 3.8) is 0 Å². The molecule has 1 fully saturated rings. The number of hydrogen-bond donors (Lipinski definition) is 1. The maximum Gasteiger partial charge on any atom is 0.272 e. The van der Waals surface area contributed by atoms with E-state index in [-0.39, 0.29) is 11.5 Å². The molecule has 3 rings (SSSR count). The second-order valence-corrected chi connectivity index (χ2v) is 5.27. The van der Waals surface area contributed by atoms with Crippen molar-refractivity contribution < 1.29 is 9.18 Å². The van der Waals surface area contributed by atoms with Crippen molar-refractivity contribution in [3.05, 3.63) is 53.1 Å². The summed E-state index contributed by atoms with van der Waals surface area (Å²) in [6, 6.07) is 7.71. The molecule has 0 radical (unpaired) electrons. The van der Waals surface area contributed by atoms with Gasteiger partial charge in [-0.1, -0.05) is 0 Å². The van der Waals surface area contributed by atoms with Gasteiger partial charge in [-0.3, -0.25) is 4.79 Å². The molecule has 106 valence electrons. The van der Waals surface area contributed by atoms with Crippen molar-refractivity contribution in [1.29, 1.82) is 5.26 Å². The van der Waals surface area contributed by atoms with Gasteiger partial charge in [-0.05, 0) is 48.6 Å². The van der Waals surface area contributed by atoms with E-state index in [4.69, 9.17) is 5.26 Å². The van der Waals surface area contributed by atoms with Crippen LogP contribution in [0.4, 0.5) is 10.1 Å². The van der Waals surface area contributed by atoms with Crippen LogP contribution in [0.3, 0.4) is 0 Å². The summed E-state index contributed by atoms with van der Waals surface area (Å²) in [5.41, 5.74) is 2.01. The highest BCUT2D eigenvalue weighted by Crippen LogP contribution is 2.42. The smallest absolute Gasteiger partial charge is 0.272 e. The molecular weight excluding hydrogens is 269 g/mol.